The summed E-state index contributed by atoms with van der Waals surface area (Å²) in [6.45, 7) is 3.78. The highest BCUT2D eigenvalue weighted by Gasteiger charge is 2.34. The van der Waals surface area contributed by atoms with Crippen LogP contribution in [0.4, 0.5) is 13.2 Å². The largest absolute Gasteiger partial charge is 0.496 e. The Balaban J connectivity index is 1.66. The second-order valence-corrected chi connectivity index (χ2v) is 8.85. The number of carbonyl (C=O) groups excluding carboxylic acids is 1. The molecule has 2 aliphatic heterocycles. The van der Waals surface area contributed by atoms with Gasteiger partial charge in [-0.05, 0) is 69.5 Å². The summed E-state index contributed by atoms with van der Waals surface area (Å²) in [7, 11) is 1.30. The minimum atomic E-state index is -4.48. The van der Waals surface area contributed by atoms with Gasteiger partial charge in [-0.1, -0.05) is 0 Å². The summed E-state index contributed by atoms with van der Waals surface area (Å²) in [4.78, 5) is 15.8. The first kappa shape index (κ1) is 23.4. The van der Waals surface area contributed by atoms with Crippen LogP contribution < -0.4 is 4.74 Å². The Morgan fingerprint density at radius 1 is 1.30 bits per heavy atom. The molecule has 4 nitrogen and oxygen atoms in total. The number of thioether (sulfide) groups is 1. The number of hydrogen-bond donors (Lipinski definition) is 0. The molecule has 2 heterocycles. The van der Waals surface area contributed by atoms with E-state index in [4.69, 9.17) is 9.47 Å². The van der Waals surface area contributed by atoms with Gasteiger partial charge in [0.05, 0.1) is 24.8 Å². The van der Waals surface area contributed by atoms with E-state index in [1.54, 1.807) is 6.26 Å². The van der Waals surface area contributed by atoms with E-state index in [9.17, 15) is 18.0 Å². The van der Waals surface area contributed by atoms with Gasteiger partial charge in [0.1, 0.15) is 5.75 Å². The van der Waals surface area contributed by atoms with E-state index < -0.39 is 11.7 Å². The molecular weight excluding hydrogens is 415 g/mol. The summed E-state index contributed by atoms with van der Waals surface area (Å²) in [5, 5.41) is 0. The van der Waals surface area contributed by atoms with Gasteiger partial charge in [-0.25, -0.2) is 0 Å². The molecule has 2 atom stereocenters. The van der Waals surface area contributed by atoms with Crippen molar-refractivity contribution in [2.24, 2.45) is 5.92 Å². The fraction of sp³-hybridized carbons (Fsp3) is 0.682. The van der Waals surface area contributed by atoms with E-state index in [2.05, 4.69) is 4.90 Å². The average molecular weight is 446 g/mol. The predicted molar refractivity (Wildman–Crippen MR) is 111 cm³/mol. The van der Waals surface area contributed by atoms with Crippen molar-refractivity contribution in [3.05, 3.63) is 23.3 Å². The number of ether oxygens (including phenoxy) is 2. The molecule has 2 aliphatic rings. The molecule has 0 saturated carbocycles. The number of alkyl halides is 3. The normalized spacial score (nSPS) is 23.0. The zero-order valence-electron chi connectivity index (χ0n) is 17.6. The van der Waals surface area contributed by atoms with Gasteiger partial charge in [0.15, 0.2) is 5.78 Å². The second-order valence-electron chi connectivity index (χ2n) is 8.00. The zero-order valence-corrected chi connectivity index (χ0v) is 18.4. The lowest BCUT2D eigenvalue weighted by molar-refractivity contribution is -0.137. The SMILES string of the molecule is COc1cc(C(F)(F)F)cc(SC)c1C(=O)CCCC1COCC[C@@H]1N1CCCC1. The maximum absolute atomic E-state index is 13.2. The van der Waals surface area contributed by atoms with Crippen LogP contribution in [-0.2, 0) is 10.9 Å². The highest BCUT2D eigenvalue weighted by molar-refractivity contribution is 7.98. The van der Waals surface area contributed by atoms with E-state index in [0.717, 1.165) is 63.0 Å². The van der Waals surface area contributed by atoms with Gasteiger partial charge >= 0.3 is 6.18 Å². The van der Waals surface area contributed by atoms with Gasteiger partial charge < -0.3 is 9.47 Å². The van der Waals surface area contributed by atoms with Gasteiger partial charge in [0.2, 0.25) is 0 Å². The van der Waals surface area contributed by atoms with Crippen LogP contribution in [0.2, 0.25) is 0 Å². The fourth-order valence-corrected chi connectivity index (χ4v) is 5.28. The van der Waals surface area contributed by atoms with Crippen molar-refractivity contribution in [3.8, 4) is 5.75 Å². The number of methoxy groups -OCH3 is 1. The molecule has 2 saturated heterocycles. The number of carbonyl (C=O) groups is 1. The first-order valence-corrected chi connectivity index (χ1v) is 11.8. The molecule has 0 aromatic heterocycles. The van der Waals surface area contributed by atoms with Gasteiger partial charge in [-0.3, -0.25) is 9.69 Å². The molecule has 0 N–H and O–H groups in total. The lowest BCUT2D eigenvalue weighted by atomic mass is 9.89. The van der Waals surface area contributed by atoms with Crippen molar-refractivity contribution in [1.82, 2.24) is 4.90 Å². The number of ketones is 1. The monoisotopic (exact) mass is 445 g/mol. The van der Waals surface area contributed by atoms with Crippen molar-refractivity contribution in [2.75, 3.05) is 39.7 Å². The van der Waals surface area contributed by atoms with E-state index in [1.807, 2.05) is 0 Å². The minimum Gasteiger partial charge on any atom is -0.496 e. The summed E-state index contributed by atoms with van der Waals surface area (Å²) in [6, 6.07) is 2.48. The molecule has 2 fully saturated rings. The van der Waals surface area contributed by atoms with Crippen molar-refractivity contribution in [2.45, 2.75) is 55.6 Å². The molecule has 8 heteroatoms. The van der Waals surface area contributed by atoms with Crippen molar-refractivity contribution in [3.63, 3.8) is 0 Å². The van der Waals surface area contributed by atoms with Crippen LogP contribution in [0.3, 0.4) is 0 Å². The van der Waals surface area contributed by atoms with Crippen LogP contribution in [0, 0.1) is 5.92 Å². The van der Waals surface area contributed by atoms with Crippen LogP contribution in [0.1, 0.15) is 54.4 Å². The number of halogens is 3. The van der Waals surface area contributed by atoms with Crippen LogP contribution >= 0.6 is 11.8 Å². The highest BCUT2D eigenvalue weighted by atomic mass is 32.2. The minimum absolute atomic E-state index is 0.00452. The highest BCUT2D eigenvalue weighted by Crippen LogP contribution is 2.39. The quantitative estimate of drug-likeness (QED) is 0.402. The molecule has 0 aliphatic carbocycles. The van der Waals surface area contributed by atoms with E-state index in [0.29, 0.717) is 29.7 Å². The molecule has 0 bridgehead atoms. The number of rotatable bonds is 8. The van der Waals surface area contributed by atoms with Crippen molar-refractivity contribution < 1.29 is 27.4 Å². The smallest absolute Gasteiger partial charge is 0.416 e. The number of nitrogens with zero attached hydrogens (tertiary/aromatic N) is 1. The maximum atomic E-state index is 13.2. The van der Waals surface area contributed by atoms with Gasteiger partial charge in [0, 0.05) is 24.0 Å². The van der Waals surface area contributed by atoms with E-state index in [-0.39, 0.29) is 17.1 Å². The van der Waals surface area contributed by atoms with Crippen molar-refractivity contribution in [1.29, 1.82) is 0 Å². The number of hydrogen-bond acceptors (Lipinski definition) is 5. The molecule has 1 unspecified atom stereocenters. The Morgan fingerprint density at radius 3 is 2.67 bits per heavy atom. The fourth-order valence-electron chi connectivity index (χ4n) is 4.62. The lowest BCUT2D eigenvalue weighted by Crippen LogP contribution is -2.44. The first-order valence-electron chi connectivity index (χ1n) is 10.5. The van der Waals surface area contributed by atoms with Gasteiger partial charge in [0.25, 0.3) is 0 Å². The summed E-state index contributed by atoms with van der Waals surface area (Å²) in [6.07, 6.45) is 2.57. The Morgan fingerprint density at radius 2 is 2.03 bits per heavy atom. The number of benzene rings is 1. The molecule has 168 valence electrons. The van der Waals surface area contributed by atoms with Crippen LogP contribution in [-0.4, -0.2) is 56.4 Å². The molecule has 30 heavy (non-hydrogen) atoms. The molecule has 3 rings (SSSR count). The molecule has 1 aromatic rings. The summed E-state index contributed by atoms with van der Waals surface area (Å²) >= 11 is 1.13. The summed E-state index contributed by atoms with van der Waals surface area (Å²) in [5.74, 6) is 0.230. The molecule has 0 spiro atoms. The average Bonchev–Trinajstić information content (AvgIpc) is 3.27. The third kappa shape index (κ3) is 5.51. The zero-order chi connectivity index (χ0) is 21.7. The Labute approximate surface area is 180 Å². The lowest BCUT2D eigenvalue weighted by Gasteiger charge is -2.38. The number of likely N-dealkylation sites (tertiary alicyclic amines) is 1. The Hall–Kier alpha value is -1.25. The predicted octanol–water partition coefficient (Wildman–Crippen LogP) is 5.29. The first-order chi connectivity index (χ1) is 14.3. The third-order valence-electron chi connectivity index (χ3n) is 6.13. The van der Waals surface area contributed by atoms with E-state index in [1.165, 1.54) is 20.0 Å². The second kappa shape index (κ2) is 10.4. The standard InChI is InChI=1S/C22H30F3NO3S/c1-28-19-12-16(22(23,24)25)13-20(30-2)21(19)18(27)7-5-6-15-14-29-11-8-17(15)26-9-3-4-10-26/h12-13,15,17H,3-11,14H2,1-2H3/t15?,17-/m0/s1. The Kier molecular flexibility index (Phi) is 8.10. The van der Waals surface area contributed by atoms with Gasteiger partial charge in [-0.15, -0.1) is 11.8 Å². The summed E-state index contributed by atoms with van der Waals surface area (Å²) in [5.41, 5.74) is -0.540. The Bertz CT molecular complexity index is 710. The third-order valence-corrected chi connectivity index (χ3v) is 6.90. The summed E-state index contributed by atoms with van der Waals surface area (Å²) < 4.78 is 50.3. The van der Waals surface area contributed by atoms with Crippen LogP contribution in [0.15, 0.2) is 17.0 Å². The van der Waals surface area contributed by atoms with E-state index >= 15 is 0 Å². The molecule has 1 aromatic carbocycles. The van der Waals surface area contributed by atoms with Crippen LogP contribution in [0.5, 0.6) is 5.75 Å². The molecule has 0 amide bonds. The molecule has 0 radical (unpaired) electrons. The topological polar surface area (TPSA) is 38.8 Å². The molecular formula is C22H30F3NO3S. The number of Topliss-reactive ketones (excluding diaryl/α,β-unsaturated/α-hetero) is 1. The van der Waals surface area contributed by atoms with Crippen molar-refractivity contribution >= 4 is 17.5 Å². The van der Waals surface area contributed by atoms with Crippen LogP contribution in [0.25, 0.3) is 0 Å². The van der Waals surface area contributed by atoms with Gasteiger partial charge in [-0.2, -0.15) is 13.2 Å². The maximum Gasteiger partial charge on any atom is 0.416 e.